The van der Waals surface area contributed by atoms with E-state index in [9.17, 15) is 10.1 Å². The zero-order valence-electron chi connectivity index (χ0n) is 11.8. The lowest BCUT2D eigenvalue weighted by Gasteiger charge is -2.19. The molecule has 108 valence electrons. The predicted octanol–water partition coefficient (Wildman–Crippen LogP) is 4.00. The molecule has 1 heterocycles. The maximum absolute atomic E-state index is 11.2. The summed E-state index contributed by atoms with van der Waals surface area (Å²) < 4.78 is 0. The number of para-hydroxylation sites is 1. The molecule has 0 radical (unpaired) electrons. The number of benzene rings is 2. The number of nitro benzene ring substituents is 1. The average Bonchev–Trinajstić information content (AvgIpc) is 2.49. The molecule has 21 heavy (non-hydrogen) atoms. The second-order valence-corrected chi connectivity index (χ2v) is 5.25. The second kappa shape index (κ2) is 5.44. The predicted molar refractivity (Wildman–Crippen MR) is 84.4 cm³/mol. The molecule has 0 atom stereocenters. The highest BCUT2D eigenvalue weighted by molar-refractivity contribution is 5.74. The van der Waals surface area contributed by atoms with Crippen molar-refractivity contribution in [2.45, 2.75) is 19.8 Å². The minimum Gasteiger partial charge on any atom is -0.385 e. The number of hydrogen-bond acceptors (Lipinski definition) is 4. The first-order chi connectivity index (χ1) is 10.1. The molecule has 0 spiro atoms. The van der Waals surface area contributed by atoms with Gasteiger partial charge >= 0.3 is 0 Å². The largest absolute Gasteiger partial charge is 0.385 e. The SMILES string of the molecule is Cc1cccc([N+](=O)[O-])c1Nc1ccc2c(c1)CCCN2. The average molecular weight is 283 g/mol. The van der Waals surface area contributed by atoms with Gasteiger partial charge in [-0.15, -0.1) is 0 Å². The van der Waals surface area contributed by atoms with E-state index in [-0.39, 0.29) is 10.6 Å². The number of anilines is 3. The van der Waals surface area contributed by atoms with Gasteiger partial charge in [-0.25, -0.2) is 0 Å². The van der Waals surface area contributed by atoms with Crippen LogP contribution in [0.2, 0.25) is 0 Å². The highest BCUT2D eigenvalue weighted by Gasteiger charge is 2.16. The van der Waals surface area contributed by atoms with Gasteiger partial charge in [0.25, 0.3) is 5.69 Å². The molecule has 5 nitrogen and oxygen atoms in total. The molecule has 3 rings (SSSR count). The van der Waals surface area contributed by atoms with Gasteiger partial charge in [0, 0.05) is 24.0 Å². The quantitative estimate of drug-likeness (QED) is 0.660. The van der Waals surface area contributed by atoms with Gasteiger partial charge in [-0.3, -0.25) is 10.1 Å². The zero-order chi connectivity index (χ0) is 14.8. The molecule has 0 bridgehead atoms. The summed E-state index contributed by atoms with van der Waals surface area (Å²) in [4.78, 5) is 10.8. The summed E-state index contributed by atoms with van der Waals surface area (Å²) in [6.07, 6.45) is 2.15. The van der Waals surface area contributed by atoms with Crippen LogP contribution in [0.15, 0.2) is 36.4 Å². The van der Waals surface area contributed by atoms with Gasteiger partial charge in [0.2, 0.25) is 0 Å². The van der Waals surface area contributed by atoms with Crippen molar-refractivity contribution in [3.63, 3.8) is 0 Å². The Morgan fingerprint density at radius 1 is 1.29 bits per heavy atom. The summed E-state index contributed by atoms with van der Waals surface area (Å²) in [7, 11) is 0. The van der Waals surface area contributed by atoms with Crippen molar-refractivity contribution in [2.24, 2.45) is 0 Å². The third-order valence-electron chi connectivity index (χ3n) is 3.76. The van der Waals surface area contributed by atoms with Crippen LogP contribution < -0.4 is 10.6 Å². The molecule has 0 aliphatic carbocycles. The Labute approximate surface area is 123 Å². The topological polar surface area (TPSA) is 67.2 Å². The molecule has 1 aliphatic heterocycles. The Morgan fingerprint density at radius 2 is 2.14 bits per heavy atom. The minimum atomic E-state index is -0.352. The molecular formula is C16H17N3O2. The molecule has 0 saturated carbocycles. The summed E-state index contributed by atoms with van der Waals surface area (Å²) >= 11 is 0. The van der Waals surface area contributed by atoms with Crippen LogP contribution in [-0.4, -0.2) is 11.5 Å². The fourth-order valence-corrected chi connectivity index (χ4v) is 2.66. The highest BCUT2D eigenvalue weighted by atomic mass is 16.6. The van der Waals surface area contributed by atoms with E-state index in [2.05, 4.69) is 16.7 Å². The van der Waals surface area contributed by atoms with Crippen LogP contribution in [0.5, 0.6) is 0 Å². The van der Waals surface area contributed by atoms with Crippen LogP contribution in [0.4, 0.5) is 22.7 Å². The van der Waals surface area contributed by atoms with E-state index in [1.165, 1.54) is 11.6 Å². The van der Waals surface area contributed by atoms with Gasteiger partial charge in [0.05, 0.1) is 4.92 Å². The van der Waals surface area contributed by atoms with Crippen LogP contribution in [0.25, 0.3) is 0 Å². The smallest absolute Gasteiger partial charge is 0.292 e. The normalized spacial score (nSPS) is 13.2. The lowest BCUT2D eigenvalue weighted by molar-refractivity contribution is -0.383. The Morgan fingerprint density at radius 3 is 2.95 bits per heavy atom. The Balaban J connectivity index is 1.95. The maximum Gasteiger partial charge on any atom is 0.292 e. The molecule has 2 aromatic rings. The van der Waals surface area contributed by atoms with Gasteiger partial charge < -0.3 is 10.6 Å². The van der Waals surface area contributed by atoms with Crippen LogP contribution in [-0.2, 0) is 6.42 Å². The molecule has 2 aromatic carbocycles. The van der Waals surface area contributed by atoms with E-state index < -0.39 is 0 Å². The summed E-state index contributed by atoms with van der Waals surface area (Å²) in [6.45, 7) is 2.87. The molecular weight excluding hydrogens is 266 g/mol. The fraction of sp³-hybridized carbons (Fsp3) is 0.250. The summed E-state index contributed by atoms with van der Waals surface area (Å²) in [5, 5.41) is 17.7. The molecule has 0 saturated heterocycles. The van der Waals surface area contributed by atoms with E-state index in [0.29, 0.717) is 5.69 Å². The first kappa shape index (κ1) is 13.4. The number of hydrogen-bond donors (Lipinski definition) is 2. The number of aryl methyl sites for hydroxylation is 2. The minimum absolute atomic E-state index is 0.103. The van der Waals surface area contributed by atoms with E-state index in [0.717, 1.165) is 36.3 Å². The summed E-state index contributed by atoms with van der Waals surface area (Å²) in [5.74, 6) is 0. The van der Waals surface area contributed by atoms with Crippen molar-refractivity contribution in [1.82, 2.24) is 0 Å². The van der Waals surface area contributed by atoms with Crippen molar-refractivity contribution in [1.29, 1.82) is 0 Å². The summed E-state index contributed by atoms with van der Waals surface area (Å²) in [5.41, 5.74) is 4.82. The molecule has 0 aromatic heterocycles. The standard InChI is InChI=1S/C16H17N3O2/c1-11-4-2-6-15(19(20)21)16(11)18-13-7-8-14-12(10-13)5-3-9-17-14/h2,4,6-8,10,17-18H,3,5,9H2,1H3. The fourth-order valence-electron chi connectivity index (χ4n) is 2.66. The van der Waals surface area contributed by atoms with Gasteiger partial charge in [-0.1, -0.05) is 12.1 Å². The van der Waals surface area contributed by atoms with Gasteiger partial charge in [-0.05, 0) is 49.1 Å². The Kier molecular flexibility index (Phi) is 3.48. The second-order valence-electron chi connectivity index (χ2n) is 5.25. The van der Waals surface area contributed by atoms with Gasteiger partial charge in [0.15, 0.2) is 0 Å². The first-order valence-electron chi connectivity index (χ1n) is 7.03. The molecule has 0 fully saturated rings. The van der Waals surface area contributed by atoms with Crippen molar-refractivity contribution < 1.29 is 4.92 Å². The third-order valence-corrected chi connectivity index (χ3v) is 3.76. The Bertz CT molecular complexity index is 698. The maximum atomic E-state index is 11.2. The van der Waals surface area contributed by atoms with Crippen LogP contribution in [0.1, 0.15) is 17.5 Å². The number of nitrogens with zero attached hydrogens (tertiary/aromatic N) is 1. The van der Waals surface area contributed by atoms with Crippen LogP contribution in [0, 0.1) is 17.0 Å². The number of rotatable bonds is 3. The monoisotopic (exact) mass is 283 g/mol. The number of fused-ring (bicyclic) bond motifs is 1. The van der Waals surface area contributed by atoms with E-state index in [1.807, 2.05) is 25.1 Å². The Hall–Kier alpha value is -2.56. The van der Waals surface area contributed by atoms with Gasteiger partial charge in [0.1, 0.15) is 5.69 Å². The van der Waals surface area contributed by atoms with Crippen LogP contribution >= 0.6 is 0 Å². The molecule has 0 amide bonds. The van der Waals surface area contributed by atoms with E-state index >= 15 is 0 Å². The molecule has 1 aliphatic rings. The molecule has 5 heteroatoms. The first-order valence-corrected chi connectivity index (χ1v) is 7.03. The van der Waals surface area contributed by atoms with E-state index in [4.69, 9.17) is 0 Å². The number of nitrogens with one attached hydrogen (secondary N) is 2. The zero-order valence-corrected chi connectivity index (χ0v) is 11.8. The lowest BCUT2D eigenvalue weighted by atomic mass is 10.0. The van der Waals surface area contributed by atoms with Gasteiger partial charge in [-0.2, -0.15) is 0 Å². The highest BCUT2D eigenvalue weighted by Crippen LogP contribution is 2.32. The van der Waals surface area contributed by atoms with Crippen molar-refractivity contribution in [2.75, 3.05) is 17.2 Å². The summed E-state index contributed by atoms with van der Waals surface area (Å²) in [6, 6.07) is 11.1. The lowest BCUT2D eigenvalue weighted by Crippen LogP contribution is -2.11. The molecule has 2 N–H and O–H groups in total. The third kappa shape index (κ3) is 2.67. The number of nitro groups is 1. The van der Waals surface area contributed by atoms with Crippen molar-refractivity contribution in [3.05, 3.63) is 57.6 Å². The van der Waals surface area contributed by atoms with Crippen molar-refractivity contribution in [3.8, 4) is 0 Å². The van der Waals surface area contributed by atoms with Crippen LogP contribution in [0.3, 0.4) is 0 Å². The molecule has 0 unspecified atom stereocenters. The van der Waals surface area contributed by atoms with Crippen molar-refractivity contribution >= 4 is 22.7 Å². The van der Waals surface area contributed by atoms with E-state index in [1.54, 1.807) is 6.07 Å².